The number of aryl methyl sites for hydroxylation is 1. The fourth-order valence-corrected chi connectivity index (χ4v) is 5.56. The molecule has 31 heavy (non-hydrogen) atoms. The Balaban J connectivity index is 1.28. The van der Waals surface area contributed by atoms with Gasteiger partial charge in [-0.05, 0) is 50.7 Å². The predicted molar refractivity (Wildman–Crippen MR) is 121 cm³/mol. The highest BCUT2D eigenvalue weighted by Crippen LogP contribution is 2.31. The van der Waals surface area contributed by atoms with Crippen LogP contribution in [0.4, 0.5) is 5.69 Å². The Morgan fingerprint density at radius 3 is 2.52 bits per heavy atom. The van der Waals surface area contributed by atoms with E-state index in [1.54, 1.807) is 6.07 Å². The number of piperidine rings is 1. The molecule has 2 saturated heterocycles. The number of phenolic OH excluding ortho intramolecular Hbond substituents is 1. The summed E-state index contributed by atoms with van der Waals surface area (Å²) in [4.78, 5) is 20.1. The average Bonchev–Trinajstić information content (AvgIpc) is 3.15. The molecule has 166 valence electrons. The molecule has 5 rings (SSSR count). The van der Waals surface area contributed by atoms with Crippen molar-refractivity contribution in [2.45, 2.75) is 44.6 Å². The third kappa shape index (κ3) is 3.91. The van der Waals surface area contributed by atoms with Crippen LogP contribution >= 0.6 is 0 Å². The van der Waals surface area contributed by atoms with Gasteiger partial charge in [0, 0.05) is 63.6 Å². The van der Waals surface area contributed by atoms with Crippen LogP contribution in [0.15, 0.2) is 24.3 Å². The van der Waals surface area contributed by atoms with E-state index in [-0.39, 0.29) is 5.91 Å². The molecule has 1 aromatic carbocycles. The summed E-state index contributed by atoms with van der Waals surface area (Å²) >= 11 is 0. The first-order chi connectivity index (χ1) is 15.1. The van der Waals surface area contributed by atoms with Gasteiger partial charge in [-0.25, -0.2) is 0 Å². The number of hydrogen-bond acceptors (Lipinski definition) is 5. The van der Waals surface area contributed by atoms with Crippen LogP contribution in [0, 0.1) is 0 Å². The van der Waals surface area contributed by atoms with Crippen LogP contribution in [0.5, 0.6) is 5.75 Å². The lowest BCUT2D eigenvalue weighted by Gasteiger charge is -2.41. The van der Waals surface area contributed by atoms with Crippen LogP contribution in [0.2, 0.25) is 0 Å². The van der Waals surface area contributed by atoms with Gasteiger partial charge in [0.05, 0.1) is 5.69 Å². The number of fused-ring (bicyclic) bond motifs is 1. The maximum absolute atomic E-state index is 13.2. The number of aromatic hydroxyl groups is 1. The zero-order valence-corrected chi connectivity index (χ0v) is 18.5. The Bertz CT molecular complexity index is 941. The molecule has 2 aliphatic heterocycles. The summed E-state index contributed by atoms with van der Waals surface area (Å²) < 4.78 is 1.94. The van der Waals surface area contributed by atoms with E-state index < -0.39 is 0 Å². The highest BCUT2D eigenvalue weighted by atomic mass is 16.3. The summed E-state index contributed by atoms with van der Waals surface area (Å²) in [5.41, 5.74) is 4.04. The van der Waals surface area contributed by atoms with Gasteiger partial charge in [-0.1, -0.05) is 12.1 Å². The number of anilines is 1. The van der Waals surface area contributed by atoms with Gasteiger partial charge in [0.1, 0.15) is 5.75 Å². The summed E-state index contributed by atoms with van der Waals surface area (Å²) in [6, 6.07) is 8.05. The smallest absolute Gasteiger partial charge is 0.274 e. The maximum Gasteiger partial charge on any atom is 0.274 e. The minimum atomic E-state index is 0.126. The quantitative estimate of drug-likeness (QED) is 0.822. The lowest BCUT2D eigenvalue weighted by Crippen LogP contribution is -2.52. The first-order valence-electron chi connectivity index (χ1n) is 11.7. The van der Waals surface area contributed by atoms with Gasteiger partial charge in [-0.15, -0.1) is 0 Å². The van der Waals surface area contributed by atoms with Crippen LogP contribution in [-0.4, -0.2) is 75.9 Å². The molecule has 0 saturated carbocycles. The van der Waals surface area contributed by atoms with E-state index in [1.807, 2.05) is 34.8 Å². The molecule has 3 aliphatic rings. The van der Waals surface area contributed by atoms with Crippen molar-refractivity contribution in [2.24, 2.45) is 7.05 Å². The monoisotopic (exact) mass is 423 g/mol. The van der Waals surface area contributed by atoms with Gasteiger partial charge in [0.25, 0.3) is 5.91 Å². The number of para-hydroxylation sites is 2. The number of hydrogen-bond donors (Lipinski definition) is 1. The van der Waals surface area contributed by atoms with Crippen molar-refractivity contribution in [3.63, 3.8) is 0 Å². The molecule has 1 N–H and O–H groups in total. The van der Waals surface area contributed by atoms with E-state index in [0.29, 0.717) is 17.5 Å². The Labute approximate surface area is 184 Å². The lowest BCUT2D eigenvalue weighted by atomic mass is 9.89. The normalized spacial score (nSPS) is 22.4. The molecule has 0 bridgehead atoms. The van der Waals surface area contributed by atoms with Gasteiger partial charge in [-0.3, -0.25) is 14.4 Å². The fraction of sp³-hybridized carbons (Fsp3) is 0.583. The number of benzene rings is 1. The molecular weight excluding hydrogens is 390 g/mol. The standard InChI is InChI=1S/C24H33N5O2/c1-26-20-10-9-18(17-19(20)23(25-26)24(31)29-11-5-2-6-12-29)27-13-15-28(16-14-27)21-7-3-4-8-22(21)30/h3-4,7-8,18,30H,2,5-6,9-17H2,1H3. The summed E-state index contributed by atoms with van der Waals surface area (Å²) in [5, 5.41) is 14.9. The van der Waals surface area contributed by atoms with Crippen molar-refractivity contribution >= 4 is 11.6 Å². The summed E-state index contributed by atoms with van der Waals surface area (Å²) in [7, 11) is 1.98. The third-order valence-electron chi connectivity index (χ3n) is 7.33. The van der Waals surface area contributed by atoms with E-state index in [9.17, 15) is 9.90 Å². The van der Waals surface area contributed by atoms with Crippen molar-refractivity contribution in [3.05, 3.63) is 41.2 Å². The molecule has 2 aromatic rings. The predicted octanol–water partition coefficient (Wildman–Crippen LogP) is 2.43. The molecular formula is C24H33N5O2. The van der Waals surface area contributed by atoms with E-state index in [1.165, 1.54) is 17.7 Å². The summed E-state index contributed by atoms with van der Waals surface area (Å²) in [6.45, 7) is 5.50. The SMILES string of the molecule is Cn1nc(C(=O)N2CCCCC2)c2c1CCC(N1CCN(c3ccccc3O)CC1)C2. The molecule has 1 amide bonds. The molecule has 0 spiro atoms. The minimum absolute atomic E-state index is 0.126. The molecule has 0 radical (unpaired) electrons. The van der Waals surface area contributed by atoms with Crippen molar-refractivity contribution in [1.82, 2.24) is 19.6 Å². The first kappa shape index (κ1) is 20.4. The van der Waals surface area contributed by atoms with E-state index in [4.69, 9.17) is 0 Å². The lowest BCUT2D eigenvalue weighted by molar-refractivity contribution is 0.0715. The van der Waals surface area contributed by atoms with Crippen molar-refractivity contribution in [2.75, 3.05) is 44.2 Å². The molecule has 1 atom stereocenters. The van der Waals surface area contributed by atoms with Crippen LogP contribution in [0.1, 0.15) is 47.4 Å². The number of aromatic nitrogens is 2. The van der Waals surface area contributed by atoms with Crippen LogP contribution < -0.4 is 4.90 Å². The topological polar surface area (TPSA) is 64.8 Å². The molecule has 7 heteroatoms. The number of amides is 1. The van der Waals surface area contributed by atoms with Crippen LogP contribution in [-0.2, 0) is 19.9 Å². The highest BCUT2D eigenvalue weighted by molar-refractivity contribution is 5.94. The van der Waals surface area contributed by atoms with Crippen molar-refractivity contribution in [1.29, 1.82) is 0 Å². The van der Waals surface area contributed by atoms with E-state index in [2.05, 4.69) is 14.9 Å². The van der Waals surface area contributed by atoms with Crippen LogP contribution in [0.25, 0.3) is 0 Å². The van der Waals surface area contributed by atoms with Gasteiger partial charge in [-0.2, -0.15) is 5.10 Å². The summed E-state index contributed by atoms with van der Waals surface area (Å²) in [6.07, 6.45) is 6.43. The third-order valence-corrected chi connectivity index (χ3v) is 7.33. The number of carbonyl (C=O) groups excluding carboxylic acids is 1. The Morgan fingerprint density at radius 1 is 1.03 bits per heavy atom. The Kier molecular flexibility index (Phi) is 5.61. The molecule has 1 aliphatic carbocycles. The van der Waals surface area contributed by atoms with Crippen molar-refractivity contribution < 1.29 is 9.90 Å². The van der Waals surface area contributed by atoms with Gasteiger partial charge in [0.15, 0.2) is 5.69 Å². The largest absolute Gasteiger partial charge is 0.506 e. The van der Waals surface area contributed by atoms with Crippen LogP contribution in [0.3, 0.4) is 0 Å². The second-order valence-corrected chi connectivity index (χ2v) is 9.16. The Hall–Kier alpha value is -2.54. The maximum atomic E-state index is 13.2. The van der Waals surface area contributed by atoms with Gasteiger partial charge < -0.3 is 14.9 Å². The number of likely N-dealkylation sites (tertiary alicyclic amines) is 1. The van der Waals surface area contributed by atoms with E-state index >= 15 is 0 Å². The molecule has 2 fully saturated rings. The van der Waals surface area contributed by atoms with E-state index in [0.717, 1.165) is 77.1 Å². The molecule has 7 nitrogen and oxygen atoms in total. The fourth-order valence-electron chi connectivity index (χ4n) is 5.56. The number of piperazine rings is 1. The highest BCUT2D eigenvalue weighted by Gasteiger charge is 2.34. The Morgan fingerprint density at radius 2 is 1.77 bits per heavy atom. The number of phenols is 1. The van der Waals surface area contributed by atoms with Gasteiger partial charge >= 0.3 is 0 Å². The number of carbonyl (C=O) groups is 1. The zero-order valence-electron chi connectivity index (χ0n) is 18.5. The van der Waals surface area contributed by atoms with Gasteiger partial charge in [0.2, 0.25) is 0 Å². The first-order valence-corrected chi connectivity index (χ1v) is 11.7. The molecule has 1 aromatic heterocycles. The average molecular weight is 424 g/mol. The summed E-state index contributed by atoms with van der Waals surface area (Å²) in [5.74, 6) is 0.482. The number of rotatable bonds is 3. The second kappa shape index (κ2) is 8.54. The zero-order chi connectivity index (χ0) is 21.4. The number of nitrogens with zero attached hydrogens (tertiary/aromatic N) is 5. The molecule has 1 unspecified atom stereocenters. The molecule has 3 heterocycles. The van der Waals surface area contributed by atoms with Crippen molar-refractivity contribution in [3.8, 4) is 5.75 Å². The minimum Gasteiger partial charge on any atom is -0.506 e. The second-order valence-electron chi connectivity index (χ2n) is 9.16.